The van der Waals surface area contributed by atoms with Gasteiger partial charge in [0.25, 0.3) is 0 Å². The highest BCUT2D eigenvalue weighted by Crippen LogP contribution is 2.15. The number of carbonyl (C=O) groups is 1. The summed E-state index contributed by atoms with van der Waals surface area (Å²) in [6, 6.07) is 7.16. The van der Waals surface area contributed by atoms with E-state index in [-0.39, 0.29) is 5.78 Å². The topological polar surface area (TPSA) is 57.0 Å². The van der Waals surface area contributed by atoms with Gasteiger partial charge in [0.2, 0.25) is 0 Å². The summed E-state index contributed by atoms with van der Waals surface area (Å²) >= 11 is 0. The summed E-state index contributed by atoms with van der Waals surface area (Å²) in [7, 11) is 0. The second kappa shape index (κ2) is 6.32. The predicted octanol–water partition coefficient (Wildman–Crippen LogP) is 2.72. The maximum atomic E-state index is 11.3. The third-order valence-electron chi connectivity index (χ3n) is 2.84. The fourth-order valence-corrected chi connectivity index (χ4v) is 1.85. The molecule has 0 amide bonds. The van der Waals surface area contributed by atoms with Crippen molar-refractivity contribution in [2.45, 2.75) is 33.9 Å². The molecule has 2 aromatic rings. The zero-order valence-electron chi connectivity index (χ0n) is 12.0. The van der Waals surface area contributed by atoms with Crippen LogP contribution < -0.4 is 4.74 Å². The van der Waals surface area contributed by atoms with E-state index in [0.717, 1.165) is 12.4 Å². The summed E-state index contributed by atoms with van der Waals surface area (Å²) in [5.41, 5.74) is 0.645. The molecule has 1 heterocycles. The molecule has 0 atom stereocenters. The summed E-state index contributed by atoms with van der Waals surface area (Å²) in [6.07, 6.45) is 1.53. The first-order chi connectivity index (χ1) is 9.56. The molecule has 1 aromatic heterocycles. The van der Waals surface area contributed by atoms with Crippen LogP contribution in [0.25, 0.3) is 0 Å². The van der Waals surface area contributed by atoms with Gasteiger partial charge in [-0.3, -0.25) is 4.79 Å². The van der Waals surface area contributed by atoms with E-state index in [1.54, 1.807) is 19.1 Å². The Labute approximate surface area is 118 Å². The molecule has 20 heavy (non-hydrogen) atoms. The van der Waals surface area contributed by atoms with Gasteiger partial charge >= 0.3 is 0 Å². The van der Waals surface area contributed by atoms with Crippen molar-refractivity contribution in [3.05, 3.63) is 42.0 Å². The minimum Gasteiger partial charge on any atom is -0.486 e. The quantitative estimate of drug-likeness (QED) is 0.759. The van der Waals surface area contributed by atoms with Crippen LogP contribution in [0.4, 0.5) is 0 Å². The maximum Gasteiger partial charge on any atom is 0.164 e. The Hall–Kier alpha value is -2.17. The number of rotatable bonds is 6. The van der Waals surface area contributed by atoms with Gasteiger partial charge in [-0.1, -0.05) is 26.0 Å². The lowest BCUT2D eigenvalue weighted by Gasteiger charge is -2.10. The van der Waals surface area contributed by atoms with Crippen LogP contribution in [0.2, 0.25) is 0 Å². The van der Waals surface area contributed by atoms with Crippen molar-refractivity contribution in [2.75, 3.05) is 0 Å². The van der Waals surface area contributed by atoms with Crippen molar-refractivity contribution in [3.8, 4) is 5.75 Å². The number of hydrogen-bond acceptors (Lipinski definition) is 4. The van der Waals surface area contributed by atoms with Gasteiger partial charge in [0.05, 0.1) is 0 Å². The molecule has 0 aliphatic heterocycles. The molecule has 0 aliphatic carbocycles. The van der Waals surface area contributed by atoms with E-state index in [4.69, 9.17) is 4.74 Å². The fraction of sp³-hybridized carbons (Fsp3) is 0.400. The fourth-order valence-electron chi connectivity index (χ4n) is 1.85. The largest absolute Gasteiger partial charge is 0.486 e. The Morgan fingerprint density at radius 3 is 2.90 bits per heavy atom. The highest BCUT2D eigenvalue weighted by Gasteiger charge is 2.07. The van der Waals surface area contributed by atoms with Gasteiger partial charge in [-0.2, -0.15) is 5.10 Å². The van der Waals surface area contributed by atoms with Gasteiger partial charge in [0.1, 0.15) is 18.7 Å². The average molecular weight is 273 g/mol. The van der Waals surface area contributed by atoms with Crippen molar-refractivity contribution in [3.63, 3.8) is 0 Å². The molecule has 0 saturated heterocycles. The molecule has 0 unspecified atom stereocenters. The van der Waals surface area contributed by atoms with Crippen LogP contribution in [-0.2, 0) is 13.2 Å². The third-order valence-corrected chi connectivity index (χ3v) is 2.84. The normalized spacial score (nSPS) is 10.8. The van der Waals surface area contributed by atoms with E-state index in [9.17, 15) is 4.79 Å². The zero-order valence-corrected chi connectivity index (χ0v) is 12.0. The molecule has 0 radical (unpaired) electrons. The number of carbonyl (C=O) groups excluding carboxylic acids is 1. The molecular weight excluding hydrogens is 254 g/mol. The Kier molecular flexibility index (Phi) is 4.50. The van der Waals surface area contributed by atoms with Gasteiger partial charge in [-0.25, -0.2) is 9.67 Å². The molecule has 0 saturated carbocycles. The number of ketones is 1. The van der Waals surface area contributed by atoms with E-state index in [1.165, 1.54) is 6.33 Å². The summed E-state index contributed by atoms with van der Waals surface area (Å²) in [5.74, 6) is 1.97. The van der Waals surface area contributed by atoms with Gasteiger partial charge in [-0.15, -0.1) is 0 Å². The van der Waals surface area contributed by atoms with Gasteiger partial charge in [0, 0.05) is 12.1 Å². The highest BCUT2D eigenvalue weighted by molar-refractivity contribution is 5.94. The lowest BCUT2D eigenvalue weighted by Crippen LogP contribution is -2.12. The lowest BCUT2D eigenvalue weighted by molar-refractivity contribution is 0.101. The molecule has 0 spiro atoms. The van der Waals surface area contributed by atoms with Crippen molar-refractivity contribution in [1.29, 1.82) is 0 Å². The van der Waals surface area contributed by atoms with E-state index >= 15 is 0 Å². The van der Waals surface area contributed by atoms with E-state index in [1.807, 2.05) is 16.8 Å². The number of nitrogens with zero attached hydrogens (tertiary/aromatic N) is 3. The first-order valence-corrected chi connectivity index (χ1v) is 6.66. The summed E-state index contributed by atoms with van der Waals surface area (Å²) < 4.78 is 7.53. The van der Waals surface area contributed by atoms with Crippen LogP contribution in [0.5, 0.6) is 5.75 Å². The summed E-state index contributed by atoms with van der Waals surface area (Å²) in [6.45, 7) is 6.95. The number of hydrogen-bond donors (Lipinski definition) is 0. The Bertz CT molecular complexity index is 590. The summed E-state index contributed by atoms with van der Waals surface area (Å²) in [5, 5.41) is 4.19. The monoisotopic (exact) mass is 273 g/mol. The van der Waals surface area contributed by atoms with Gasteiger partial charge in [0.15, 0.2) is 11.6 Å². The molecule has 1 aromatic carbocycles. The number of benzene rings is 1. The Morgan fingerprint density at radius 2 is 2.20 bits per heavy atom. The Morgan fingerprint density at radius 1 is 1.40 bits per heavy atom. The summed E-state index contributed by atoms with van der Waals surface area (Å²) in [4.78, 5) is 15.5. The van der Waals surface area contributed by atoms with Crippen molar-refractivity contribution < 1.29 is 9.53 Å². The van der Waals surface area contributed by atoms with Gasteiger partial charge < -0.3 is 4.74 Å². The second-order valence-corrected chi connectivity index (χ2v) is 5.12. The van der Waals surface area contributed by atoms with E-state index in [2.05, 4.69) is 23.9 Å². The molecule has 5 nitrogen and oxygen atoms in total. The molecule has 5 heteroatoms. The van der Waals surface area contributed by atoms with Crippen molar-refractivity contribution in [2.24, 2.45) is 5.92 Å². The molecule has 0 N–H and O–H groups in total. The zero-order chi connectivity index (χ0) is 14.5. The number of Topliss-reactive ketones (excluding diaryl/α,β-unsaturated/α-hetero) is 1. The molecule has 106 valence electrons. The number of aromatic nitrogens is 3. The van der Waals surface area contributed by atoms with Crippen LogP contribution in [-0.4, -0.2) is 20.5 Å². The average Bonchev–Trinajstić information content (AvgIpc) is 2.83. The molecule has 2 rings (SSSR count). The minimum absolute atomic E-state index is 0.0263. The molecule has 0 bridgehead atoms. The minimum atomic E-state index is 0.0263. The van der Waals surface area contributed by atoms with Crippen LogP contribution in [0.15, 0.2) is 30.6 Å². The van der Waals surface area contributed by atoms with E-state index < -0.39 is 0 Å². The second-order valence-electron chi connectivity index (χ2n) is 5.12. The SMILES string of the molecule is CC(=O)c1cccc(OCc2ncnn2CC(C)C)c1. The molecular formula is C15H19N3O2. The standard InChI is InChI=1S/C15H19N3O2/c1-11(2)8-18-15(16-10-17-18)9-20-14-6-4-5-13(7-14)12(3)19/h4-7,10-11H,8-9H2,1-3H3. The van der Waals surface area contributed by atoms with Crippen LogP contribution in [0.1, 0.15) is 37.0 Å². The lowest BCUT2D eigenvalue weighted by atomic mass is 10.1. The molecule has 0 aliphatic rings. The van der Waals surface area contributed by atoms with E-state index in [0.29, 0.717) is 23.8 Å². The highest BCUT2D eigenvalue weighted by atomic mass is 16.5. The maximum absolute atomic E-state index is 11.3. The number of ether oxygens (including phenoxy) is 1. The Balaban J connectivity index is 2.03. The van der Waals surface area contributed by atoms with Crippen molar-refractivity contribution in [1.82, 2.24) is 14.8 Å². The smallest absolute Gasteiger partial charge is 0.164 e. The third kappa shape index (κ3) is 3.66. The first-order valence-electron chi connectivity index (χ1n) is 6.66. The van der Waals surface area contributed by atoms with Crippen LogP contribution >= 0.6 is 0 Å². The van der Waals surface area contributed by atoms with Crippen molar-refractivity contribution >= 4 is 5.78 Å². The van der Waals surface area contributed by atoms with Crippen LogP contribution in [0, 0.1) is 5.92 Å². The first kappa shape index (κ1) is 14.2. The van der Waals surface area contributed by atoms with Gasteiger partial charge in [-0.05, 0) is 25.0 Å². The molecule has 0 fully saturated rings. The predicted molar refractivity (Wildman–Crippen MR) is 75.6 cm³/mol. The van der Waals surface area contributed by atoms with Crippen LogP contribution in [0.3, 0.4) is 0 Å².